The largest absolute Gasteiger partial charge is 0.497 e. The first-order chi connectivity index (χ1) is 11.3. The van der Waals surface area contributed by atoms with Gasteiger partial charge in [-0.05, 0) is 34.9 Å². The molecule has 0 radical (unpaired) electrons. The highest BCUT2D eigenvalue weighted by Crippen LogP contribution is 2.23. The van der Waals surface area contributed by atoms with Crippen molar-refractivity contribution in [2.45, 2.75) is 19.0 Å². The highest BCUT2D eigenvalue weighted by atomic mass is 32.1. The van der Waals surface area contributed by atoms with Gasteiger partial charge in [0.2, 0.25) is 0 Å². The topological polar surface area (TPSA) is 34.1 Å². The van der Waals surface area contributed by atoms with Crippen molar-refractivity contribution in [2.24, 2.45) is 0 Å². The van der Waals surface area contributed by atoms with E-state index in [4.69, 9.17) is 4.74 Å². The van der Waals surface area contributed by atoms with E-state index >= 15 is 0 Å². The number of nitrogens with zero attached hydrogens (tertiary/aromatic N) is 1. The molecule has 0 aliphatic rings. The summed E-state index contributed by atoms with van der Waals surface area (Å²) in [6.07, 6.45) is 2.64. The number of nitrogens with one attached hydrogen (secondary N) is 1. The zero-order valence-electron chi connectivity index (χ0n) is 12.7. The summed E-state index contributed by atoms with van der Waals surface area (Å²) in [5.74, 6) is 0.270. The summed E-state index contributed by atoms with van der Waals surface area (Å²) >= 11 is 3.30. The summed E-state index contributed by atoms with van der Waals surface area (Å²) < 4.78 is 19.1. The van der Waals surface area contributed by atoms with Gasteiger partial charge in [-0.25, -0.2) is 9.37 Å². The fourth-order valence-corrected chi connectivity index (χ4v) is 3.72. The molecule has 6 heteroatoms. The van der Waals surface area contributed by atoms with Crippen LogP contribution in [0.15, 0.2) is 46.6 Å². The van der Waals surface area contributed by atoms with Crippen LogP contribution in [0.25, 0.3) is 0 Å². The number of halogens is 1. The van der Waals surface area contributed by atoms with E-state index in [9.17, 15) is 4.39 Å². The first-order valence-electron chi connectivity index (χ1n) is 7.22. The Kier molecular flexibility index (Phi) is 5.38. The van der Waals surface area contributed by atoms with Crippen LogP contribution in [0.1, 0.15) is 22.2 Å². The lowest BCUT2D eigenvalue weighted by Gasteiger charge is -2.16. The molecule has 1 aromatic carbocycles. The van der Waals surface area contributed by atoms with Crippen molar-refractivity contribution in [1.29, 1.82) is 0 Å². The van der Waals surface area contributed by atoms with Crippen molar-refractivity contribution in [3.8, 4) is 5.75 Å². The molecule has 1 unspecified atom stereocenters. The second-order valence-electron chi connectivity index (χ2n) is 5.10. The monoisotopic (exact) mass is 348 g/mol. The third-order valence-corrected chi connectivity index (χ3v) is 5.19. The number of hydrogen-bond donors (Lipinski definition) is 1. The summed E-state index contributed by atoms with van der Waals surface area (Å²) in [5.41, 5.74) is 1.88. The molecule has 1 atom stereocenters. The Hall–Kier alpha value is -1.76. The quantitative estimate of drug-likeness (QED) is 0.686. The van der Waals surface area contributed by atoms with Gasteiger partial charge in [-0.2, -0.15) is 11.3 Å². The minimum atomic E-state index is -0.259. The van der Waals surface area contributed by atoms with Gasteiger partial charge in [-0.1, -0.05) is 6.07 Å². The van der Waals surface area contributed by atoms with Crippen LogP contribution in [0.5, 0.6) is 5.75 Å². The van der Waals surface area contributed by atoms with Crippen molar-refractivity contribution in [1.82, 2.24) is 10.3 Å². The Morgan fingerprint density at radius 2 is 2.22 bits per heavy atom. The first kappa shape index (κ1) is 16.1. The maximum Gasteiger partial charge on any atom is 0.131 e. The van der Waals surface area contributed by atoms with Crippen molar-refractivity contribution < 1.29 is 9.13 Å². The Bertz CT molecular complexity index is 729. The predicted molar refractivity (Wildman–Crippen MR) is 92.7 cm³/mol. The van der Waals surface area contributed by atoms with Crippen LogP contribution in [0.3, 0.4) is 0 Å². The Labute approximate surface area is 142 Å². The van der Waals surface area contributed by atoms with Crippen LogP contribution in [0.2, 0.25) is 0 Å². The van der Waals surface area contributed by atoms with Gasteiger partial charge in [-0.15, -0.1) is 11.3 Å². The van der Waals surface area contributed by atoms with E-state index in [0.717, 1.165) is 11.4 Å². The van der Waals surface area contributed by atoms with Gasteiger partial charge in [-0.3, -0.25) is 0 Å². The zero-order chi connectivity index (χ0) is 16.1. The molecule has 0 spiro atoms. The van der Waals surface area contributed by atoms with E-state index in [0.29, 0.717) is 17.9 Å². The number of thiophene rings is 1. The number of hydrogen-bond acceptors (Lipinski definition) is 5. The molecular formula is C17H17FN2OS2. The Morgan fingerprint density at radius 1 is 1.30 bits per heavy atom. The Morgan fingerprint density at radius 3 is 2.87 bits per heavy atom. The molecule has 2 aromatic heterocycles. The molecule has 23 heavy (non-hydrogen) atoms. The van der Waals surface area contributed by atoms with E-state index in [2.05, 4.69) is 27.1 Å². The second kappa shape index (κ2) is 7.68. The number of methoxy groups -OCH3 is 1. The predicted octanol–water partition coefficient (Wildman–Crippen LogP) is 4.43. The molecule has 3 aromatic rings. The summed E-state index contributed by atoms with van der Waals surface area (Å²) in [5, 5.41) is 10.6. The molecule has 0 saturated carbocycles. The zero-order valence-corrected chi connectivity index (χ0v) is 14.3. The first-order valence-corrected chi connectivity index (χ1v) is 9.05. The van der Waals surface area contributed by atoms with Crippen LogP contribution in [0.4, 0.5) is 4.39 Å². The third-order valence-electron chi connectivity index (χ3n) is 3.57. The van der Waals surface area contributed by atoms with Crippen LogP contribution in [-0.2, 0) is 13.0 Å². The highest BCUT2D eigenvalue weighted by Gasteiger charge is 2.16. The van der Waals surface area contributed by atoms with Gasteiger partial charge in [0, 0.05) is 29.8 Å². The average Bonchev–Trinajstić information content (AvgIpc) is 3.25. The van der Waals surface area contributed by atoms with Crippen LogP contribution >= 0.6 is 22.7 Å². The number of thiazole rings is 1. The smallest absolute Gasteiger partial charge is 0.131 e. The van der Waals surface area contributed by atoms with E-state index in [-0.39, 0.29) is 11.9 Å². The third kappa shape index (κ3) is 4.16. The van der Waals surface area contributed by atoms with E-state index in [1.807, 2.05) is 5.38 Å². The minimum absolute atomic E-state index is 0.0751. The number of ether oxygens (including phenoxy) is 1. The number of aromatic nitrogens is 1. The molecule has 3 rings (SSSR count). The molecule has 0 fully saturated rings. The van der Waals surface area contributed by atoms with Crippen molar-refractivity contribution in [2.75, 3.05) is 7.11 Å². The Balaban J connectivity index is 1.71. The summed E-state index contributed by atoms with van der Waals surface area (Å²) in [6, 6.07) is 7.13. The highest BCUT2D eigenvalue weighted by molar-refractivity contribution is 7.09. The summed E-state index contributed by atoms with van der Waals surface area (Å²) in [7, 11) is 1.53. The van der Waals surface area contributed by atoms with E-state index in [1.165, 1.54) is 18.7 Å². The lowest BCUT2D eigenvalue weighted by Crippen LogP contribution is -2.23. The SMILES string of the molecule is COc1ccc(CNC(Cc2ccsc2)c2nccs2)c(F)c1. The van der Waals surface area contributed by atoms with Crippen molar-refractivity contribution >= 4 is 22.7 Å². The molecule has 0 saturated heterocycles. The summed E-state index contributed by atoms with van der Waals surface area (Å²) in [6.45, 7) is 0.449. The molecule has 1 N–H and O–H groups in total. The average molecular weight is 348 g/mol. The normalized spacial score (nSPS) is 12.3. The number of benzene rings is 1. The van der Waals surface area contributed by atoms with Crippen molar-refractivity contribution in [3.63, 3.8) is 0 Å². The molecule has 0 aliphatic heterocycles. The van der Waals surface area contributed by atoms with Crippen LogP contribution in [-0.4, -0.2) is 12.1 Å². The second-order valence-corrected chi connectivity index (χ2v) is 6.80. The van der Waals surface area contributed by atoms with Gasteiger partial charge >= 0.3 is 0 Å². The van der Waals surface area contributed by atoms with Crippen LogP contribution in [0, 0.1) is 5.82 Å². The minimum Gasteiger partial charge on any atom is -0.497 e. The van der Waals surface area contributed by atoms with Crippen molar-refractivity contribution in [3.05, 3.63) is 68.6 Å². The maximum atomic E-state index is 14.1. The molecule has 0 aliphatic carbocycles. The van der Waals surface area contributed by atoms with Gasteiger partial charge in [0.15, 0.2) is 0 Å². The fraction of sp³-hybridized carbons (Fsp3) is 0.235. The lowest BCUT2D eigenvalue weighted by atomic mass is 10.1. The fourth-order valence-electron chi connectivity index (χ4n) is 2.33. The van der Waals surface area contributed by atoms with Crippen LogP contribution < -0.4 is 10.1 Å². The molecule has 0 bridgehead atoms. The molecule has 0 amide bonds. The molecule has 3 nitrogen and oxygen atoms in total. The van der Waals surface area contributed by atoms with Gasteiger partial charge in [0.1, 0.15) is 16.6 Å². The molecule has 2 heterocycles. The molecule has 120 valence electrons. The maximum absolute atomic E-state index is 14.1. The van der Waals surface area contributed by atoms with Gasteiger partial charge in [0.25, 0.3) is 0 Å². The molecular weight excluding hydrogens is 331 g/mol. The van der Waals surface area contributed by atoms with E-state index < -0.39 is 0 Å². The van der Waals surface area contributed by atoms with Gasteiger partial charge in [0.05, 0.1) is 13.2 Å². The van der Waals surface area contributed by atoms with Gasteiger partial charge < -0.3 is 10.1 Å². The standard InChI is InChI=1S/C17H17FN2OS2/c1-21-14-3-2-13(15(18)9-14)10-20-16(17-19-5-7-23-17)8-12-4-6-22-11-12/h2-7,9,11,16,20H,8,10H2,1H3. The lowest BCUT2D eigenvalue weighted by molar-refractivity contribution is 0.410. The summed E-state index contributed by atoms with van der Waals surface area (Å²) in [4.78, 5) is 4.40. The number of rotatable bonds is 7. The van der Waals surface area contributed by atoms with E-state index in [1.54, 1.807) is 41.0 Å².